The van der Waals surface area contributed by atoms with E-state index in [1.54, 1.807) is 19.2 Å². The zero-order valence-corrected chi connectivity index (χ0v) is 21.7. The number of methoxy groups -OCH3 is 1. The molecule has 0 aromatic heterocycles. The Bertz CT molecular complexity index is 891. The summed E-state index contributed by atoms with van der Waals surface area (Å²) >= 11 is 0.899. The van der Waals surface area contributed by atoms with Crippen LogP contribution >= 0.6 is 11.8 Å². The van der Waals surface area contributed by atoms with Crippen LogP contribution in [0, 0.1) is 11.8 Å². The summed E-state index contributed by atoms with van der Waals surface area (Å²) < 4.78 is 5.16. The number of carbonyl (C=O) groups excluding carboxylic acids is 5. The van der Waals surface area contributed by atoms with E-state index in [2.05, 4.69) is 16.0 Å². The van der Waals surface area contributed by atoms with Gasteiger partial charge in [0.2, 0.25) is 23.6 Å². The van der Waals surface area contributed by atoms with Gasteiger partial charge in [-0.1, -0.05) is 37.7 Å². The summed E-state index contributed by atoms with van der Waals surface area (Å²) in [4.78, 5) is 61.3. The normalized spacial score (nSPS) is 13.3. The molecule has 1 rings (SSSR count). The Kier molecular flexibility index (Phi) is 12.9. The number of benzene rings is 1. The minimum absolute atomic E-state index is 0.0783. The average Bonchev–Trinajstić information content (AvgIpc) is 2.79. The van der Waals surface area contributed by atoms with E-state index in [9.17, 15) is 24.0 Å². The molecule has 4 amide bonds. The molecular weight excluding hydrogens is 472 g/mol. The highest BCUT2D eigenvalue weighted by atomic mass is 32.2. The van der Waals surface area contributed by atoms with Crippen molar-refractivity contribution in [1.29, 1.82) is 0 Å². The van der Waals surface area contributed by atoms with Crippen molar-refractivity contribution in [3.05, 3.63) is 29.8 Å². The van der Waals surface area contributed by atoms with Crippen LogP contribution < -0.4 is 26.4 Å². The standard InChI is InChI=1S/C24H36N4O6S/c1-14(2)10-18(20(35-15(3)29)12-22(31)27-13-21(25)30)23(32)28-19(24(33)26-4)11-16-6-8-17(34-5)9-7-16/h6-9,14,18-20H,10-13H2,1-5H3,(H2,25,30)(H,26,33)(H,27,31)(H,28,32)/t18-,19+,20+/m1/s1. The summed E-state index contributed by atoms with van der Waals surface area (Å²) in [6.07, 6.45) is 0.474. The van der Waals surface area contributed by atoms with E-state index in [-0.39, 0.29) is 36.3 Å². The molecule has 0 heterocycles. The third-order valence-corrected chi connectivity index (χ3v) is 6.28. The van der Waals surface area contributed by atoms with Gasteiger partial charge in [0.1, 0.15) is 11.8 Å². The topological polar surface area (TPSA) is 157 Å². The first kappa shape index (κ1) is 30.0. The van der Waals surface area contributed by atoms with Crippen LogP contribution in [-0.2, 0) is 30.4 Å². The smallest absolute Gasteiger partial charge is 0.242 e. The number of primary amides is 1. The summed E-state index contributed by atoms with van der Waals surface area (Å²) in [7, 11) is 3.04. The molecule has 0 aliphatic rings. The number of thioether (sulfide) groups is 1. The van der Waals surface area contributed by atoms with E-state index >= 15 is 0 Å². The molecule has 0 spiro atoms. The lowest BCUT2D eigenvalue weighted by atomic mass is 9.90. The fraction of sp³-hybridized carbons (Fsp3) is 0.542. The Hall–Kier alpha value is -3.08. The predicted molar refractivity (Wildman–Crippen MR) is 135 cm³/mol. The first-order valence-corrected chi connectivity index (χ1v) is 12.2. The van der Waals surface area contributed by atoms with Crippen molar-refractivity contribution in [1.82, 2.24) is 16.0 Å². The van der Waals surface area contributed by atoms with Gasteiger partial charge in [-0.2, -0.15) is 0 Å². The number of rotatable bonds is 14. The van der Waals surface area contributed by atoms with Gasteiger partial charge in [0.25, 0.3) is 0 Å². The highest BCUT2D eigenvalue weighted by molar-refractivity contribution is 8.14. The second-order valence-electron chi connectivity index (χ2n) is 8.56. The number of nitrogens with two attached hydrogens (primary N) is 1. The van der Waals surface area contributed by atoms with Crippen LogP contribution in [-0.4, -0.2) is 60.7 Å². The van der Waals surface area contributed by atoms with E-state index < -0.39 is 34.9 Å². The van der Waals surface area contributed by atoms with Crippen LogP contribution in [0.25, 0.3) is 0 Å². The minimum atomic E-state index is -0.859. The maximum atomic E-state index is 13.4. The fourth-order valence-corrected chi connectivity index (χ4v) is 4.57. The largest absolute Gasteiger partial charge is 0.497 e. The maximum Gasteiger partial charge on any atom is 0.242 e. The van der Waals surface area contributed by atoms with Gasteiger partial charge >= 0.3 is 0 Å². The van der Waals surface area contributed by atoms with Crippen molar-refractivity contribution in [2.75, 3.05) is 20.7 Å². The van der Waals surface area contributed by atoms with E-state index in [4.69, 9.17) is 10.5 Å². The van der Waals surface area contributed by atoms with Gasteiger partial charge in [-0.15, -0.1) is 0 Å². The van der Waals surface area contributed by atoms with E-state index in [0.29, 0.717) is 12.2 Å². The Morgan fingerprint density at radius 2 is 1.69 bits per heavy atom. The van der Waals surface area contributed by atoms with Gasteiger partial charge in [-0.05, 0) is 30.0 Å². The highest BCUT2D eigenvalue weighted by Crippen LogP contribution is 2.29. The number of amides is 4. The van der Waals surface area contributed by atoms with Crippen molar-refractivity contribution in [3.8, 4) is 5.75 Å². The summed E-state index contributed by atoms with van der Waals surface area (Å²) in [5.74, 6) is -1.97. The highest BCUT2D eigenvalue weighted by Gasteiger charge is 2.34. The van der Waals surface area contributed by atoms with Crippen molar-refractivity contribution >= 4 is 40.5 Å². The maximum absolute atomic E-state index is 13.4. The van der Waals surface area contributed by atoms with Gasteiger partial charge < -0.3 is 26.4 Å². The zero-order valence-electron chi connectivity index (χ0n) is 20.9. The lowest BCUT2D eigenvalue weighted by Crippen LogP contribution is -2.50. The Balaban J connectivity index is 3.13. The van der Waals surface area contributed by atoms with Crippen LogP contribution in [0.3, 0.4) is 0 Å². The molecule has 0 fully saturated rings. The number of hydrogen-bond acceptors (Lipinski definition) is 7. The lowest BCUT2D eigenvalue weighted by Gasteiger charge is -2.28. The molecule has 0 aliphatic carbocycles. The van der Waals surface area contributed by atoms with Crippen molar-refractivity contribution in [2.45, 2.75) is 51.3 Å². The summed E-state index contributed by atoms with van der Waals surface area (Å²) in [6.45, 7) is 4.88. The third-order valence-electron chi connectivity index (χ3n) is 5.15. The molecule has 0 radical (unpaired) electrons. The van der Waals surface area contributed by atoms with E-state index in [1.807, 2.05) is 26.0 Å². The minimum Gasteiger partial charge on any atom is -0.497 e. The molecule has 10 nitrogen and oxygen atoms in total. The number of carbonyl (C=O) groups is 5. The Morgan fingerprint density at radius 3 is 2.17 bits per heavy atom. The molecule has 1 aromatic carbocycles. The molecule has 0 saturated carbocycles. The quantitative estimate of drug-likeness (QED) is 0.289. The third kappa shape index (κ3) is 11.3. The fourth-order valence-electron chi connectivity index (χ4n) is 3.51. The van der Waals surface area contributed by atoms with Gasteiger partial charge in [0, 0.05) is 32.1 Å². The second-order valence-corrected chi connectivity index (χ2v) is 9.97. The lowest BCUT2D eigenvalue weighted by molar-refractivity contribution is -0.131. The van der Waals surface area contributed by atoms with Crippen molar-refractivity contribution < 1.29 is 28.7 Å². The number of nitrogens with one attached hydrogen (secondary N) is 3. The zero-order chi connectivity index (χ0) is 26.5. The number of ether oxygens (including phenoxy) is 1. The van der Waals surface area contributed by atoms with Crippen LogP contribution in [0.15, 0.2) is 24.3 Å². The molecule has 0 aliphatic heterocycles. The van der Waals surface area contributed by atoms with E-state index in [1.165, 1.54) is 14.0 Å². The van der Waals surface area contributed by atoms with Gasteiger partial charge in [0.05, 0.1) is 19.6 Å². The summed E-state index contributed by atoms with van der Waals surface area (Å²) in [5.41, 5.74) is 5.90. The van der Waals surface area contributed by atoms with Gasteiger partial charge in [-0.3, -0.25) is 24.0 Å². The van der Waals surface area contributed by atoms with Gasteiger partial charge in [-0.25, -0.2) is 0 Å². The molecule has 11 heteroatoms. The second kappa shape index (κ2) is 15.0. The molecule has 0 unspecified atom stereocenters. The predicted octanol–water partition coefficient (Wildman–Crippen LogP) is 0.771. The van der Waals surface area contributed by atoms with Crippen molar-refractivity contribution in [2.24, 2.45) is 17.6 Å². The van der Waals surface area contributed by atoms with E-state index in [0.717, 1.165) is 17.3 Å². The number of likely N-dealkylation sites (N-methyl/N-ethyl adjacent to an activating group) is 1. The van der Waals surface area contributed by atoms with Crippen molar-refractivity contribution in [3.63, 3.8) is 0 Å². The Morgan fingerprint density at radius 1 is 1.06 bits per heavy atom. The van der Waals surface area contributed by atoms with Gasteiger partial charge in [0.15, 0.2) is 5.12 Å². The molecule has 5 N–H and O–H groups in total. The molecule has 0 bridgehead atoms. The average molecular weight is 509 g/mol. The molecule has 0 saturated heterocycles. The summed E-state index contributed by atoms with van der Waals surface area (Å²) in [6, 6.07) is 6.30. The van der Waals surface area contributed by atoms with Crippen LogP contribution in [0.4, 0.5) is 0 Å². The van der Waals surface area contributed by atoms with Crippen LogP contribution in [0.5, 0.6) is 5.75 Å². The molecular formula is C24H36N4O6S. The monoisotopic (exact) mass is 508 g/mol. The SMILES string of the molecule is CNC(=O)[C@H](Cc1ccc(OC)cc1)NC(=O)[C@H](CC(C)C)[C@H](CC(=O)NCC(N)=O)SC(C)=O. The molecule has 3 atom stereocenters. The molecule has 35 heavy (non-hydrogen) atoms. The first-order valence-electron chi connectivity index (χ1n) is 11.3. The Labute approximate surface area is 210 Å². The summed E-state index contributed by atoms with van der Waals surface area (Å²) in [5, 5.41) is 6.85. The van der Waals surface area contributed by atoms with Crippen LogP contribution in [0.1, 0.15) is 39.2 Å². The molecule has 194 valence electrons. The molecule has 1 aromatic rings. The number of hydrogen-bond donors (Lipinski definition) is 4. The van der Waals surface area contributed by atoms with Crippen LogP contribution in [0.2, 0.25) is 0 Å². The first-order chi connectivity index (χ1) is 16.5.